The van der Waals surface area contributed by atoms with Crippen LogP contribution in [-0.2, 0) is 0 Å². The van der Waals surface area contributed by atoms with Gasteiger partial charge in [0.25, 0.3) is 0 Å². The lowest BCUT2D eigenvalue weighted by Crippen LogP contribution is -1.97. The highest BCUT2D eigenvalue weighted by molar-refractivity contribution is 6.30. The van der Waals surface area contributed by atoms with Crippen molar-refractivity contribution in [2.45, 2.75) is 0 Å². The Balaban J connectivity index is 2.29. The van der Waals surface area contributed by atoms with Crippen LogP contribution in [0.3, 0.4) is 0 Å². The van der Waals surface area contributed by atoms with E-state index in [-0.39, 0.29) is 5.88 Å². The highest BCUT2D eigenvalue weighted by atomic mass is 35.5. The van der Waals surface area contributed by atoms with Crippen molar-refractivity contribution in [3.05, 3.63) is 35.6 Å². The smallest absolute Gasteiger partial charge is 0.246 e. The van der Waals surface area contributed by atoms with Crippen molar-refractivity contribution in [3.63, 3.8) is 0 Å². The summed E-state index contributed by atoms with van der Waals surface area (Å²) >= 11 is 5.79. The summed E-state index contributed by atoms with van der Waals surface area (Å²) in [7, 11) is 1.52. The normalized spacial score (nSPS) is 10.0. The Kier molecular flexibility index (Phi) is 3.30. The number of rotatable bonds is 3. The van der Waals surface area contributed by atoms with E-state index in [0.29, 0.717) is 22.3 Å². The molecule has 2 N–H and O–H groups in total. The van der Waals surface area contributed by atoms with Crippen LogP contribution in [0.2, 0.25) is 5.02 Å². The maximum absolute atomic E-state index is 5.79. The second-order valence-corrected chi connectivity index (χ2v) is 3.63. The van der Waals surface area contributed by atoms with E-state index in [4.69, 9.17) is 26.8 Å². The van der Waals surface area contributed by atoms with Crippen LogP contribution >= 0.6 is 11.6 Å². The van der Waals surface area contributed by atoms with E-state index in [9.17, 15) is 0 Å². The molecule has 0 atom stereocenters. The average molecular weight is 252 g/mol. The SMILES string of the molecule is COc1ccc(N)c(Oc2cncc(Cl)c2)n1. The van der Waals surface area contributed by atoms with Gasteiger partial charge in [0, 0.05) is 18.3 Å². The molecule has 0 bridgehead atoms. The van der Waals surface area contributed by atoms with E-state index >= 15 is 0 Å². The van der Waals surface area contributed by atoms with Gasteiger partial charge in [-0.1, -0.05) is 11.6 Å². The van der Waals surface area contributed by atoms with Crippen molar-refractivity contribution in [3.8, 4) is 17.5 Å². The lowest BCUT2D eigenvalue weighted by atomic mass is 10.4. The molecular weight excluding hydrogens is 242 g/mol. The molecule has 0 saturated heterocycles. The molecule has 0 radical (unpaired) electrons. The minimum atomic E-state index is 0.258. The summed E-state index contributed by atoms with van der Waals surface area (Å²) in [6, 6.07) is 4.92. The first-order chi connectivity index (χ1) is 8.19. The fourth-order valence-corrected chi connectivity index (χ4v) is 1.35. The maximum atomic E-state index is 5.79. The van der Waals surface area contributed by atoms with E-state index in [2.05, 4.69) is 9.97 Å². The summed E-state index contributed by atoms with van der Waals surface area (Å²) in [5.74, 6) is 1.14. The number of hydrogen-bond acceptors (Lipinski definition) is 5. The van der Waals surface area contributed by atoms with Crippen LogP contribution in [0, 0.1) is 0 Å². The van der Waals surface area contributed by atoms with Gasteiger partial charge in [-0.3, -0.25) is 4.98 Å². The van der Waals surface area contributed by atoms with Crippen LogP contribution in [0.15, 0.2) is 30.6 Å². The molecule has 88 valence electrons. The van der Waals surface area contributed by atoms with E-state index in [1.165, 1.54) is 19.5 Å². The van der Waals surface area contributed by atoms with Gasteiger partial charge in [-0.15, -0.1) is 0 Å². The van der Waals surface area contributed by atoms with Crippen molar-refractivity contribution in [2.75, 3.05) is 12.8 Å². The number of methoxy groups -OCH3 is 1. The number of ether oxygens (including phenoxy) is 2. The van der Waals surface area contributed by atoms with Crippen molar-refractivity contribution in [2.24, 2.45) is 0 Å². The number of nitrogens with zero attached hydrogens (tertiary/aromatic N) is 2. The Morgan fingerprint density at radius 1 is 1.29 bits per heavy atom. The second-order valence-electron chi connectivity index (χ2n) is 3.19. The molecule has 2 heterocycles. The predicted molar refractivity (Wildman–Crippen MR) is 64.5 cm³/mol. The summed E-state index contributed by atoms with van der Waals surface area (Å²) in [5.41, 5.74) is 6.14. The molecule has 0 amide bonds. The molecule has 0 aromatic carbocycles. The Bertz CT molecular complexity index is 534. The summed E-state index contributed by atoms with van der Waals surface area (Å²) in [6.07, 6.45) is 3.03. The molecule has 6 heteroatoms. The zero-order valence-corrected chi connectivity index (χ0v) is 9.81. The maximum Gasteiger partial charge on any atom is 0.246 e. The van der Waals surface area contributed by atoms with E-state index in [0.717, 1.165) is 0 Å². The Morgan fingerprint density at radius 2 is 2.12 bits per heavy atom. The van der Waals surface area contributed by atoms with E-state index < -0.39 is 0 Å². The topological polar surface area (TPSA) is 70.3 Å². The lowest BCUT2D eigenvalue weighted by Gasteiger charge is -2.08. The molecule has 2 rings (SSSR count). The van der Waals surface area contributed by atoms with Gasteiger partial charge < -0.3 is 15.2 Å². The number of nitrogens with two attached hydrogens (primary N) is 1. The van der Waals surface area contributed by atoms with Gasteiger partial charge in [0.1, 0.15) is 5.75 Å². The molecule has 0 aliphatic heterocycles. The first kappa shape index (κ1) is 11.5. The van der Waals surface area contributed by atoms with Gasteiger partial charge in [-0.05, 0) is 6.07 Å². The standard InChI is InChI=1S/C11H10ClN3O2/c1-16-10-3-2-9(13)11(15-10)17-8-4-7(12)5-14-6-8/h2-6H,13H2,1H3. The number of aromatic nitrogens is 2. The Labute approximate surface area is 103 Å². The summed E-state index contributed by atoms with van der Waals surface area (Å²) < 4.78 is 10.5. The minimum absolute atomic E-state index is 0.258. The third kappa shape index (κ3) is 2.76. The van der Waals surface area contributed by atoms with Crippen LogP contribution in [-0.4, -0.2) is 17.1 Å². The van der Waals surface area contributed by atoms with Crippen molar-refractivity contribution in [1.29, 1.82) is 0 Å². The first-order valence-electron chi connectivity index (χ1n) is 4.78. The fraction of sp³-hybridized carbons (Fsp3) is 0.0909. The summed E-state index contributed by atoms with van der Waals surface area (Å²) in [4.78, 5) is 7.97. The Hall–Kier alpha value is -2.01. The van der Waals surface area contributed by atoms with Crippen LogP contribution in [0.5, 0.6) is 17.5 Å². The summed E-state index contributed by atoms with van der Waals surface area (Å²) in [5, 5.41) is 0.476. The zero-order chi connectivity index (χ0) is 12.3. The van der Waals surface area contributed by atoms with Crippen LogP contribution in [0.1, 0.15) is 0 Å². The van der Waals surface area contributed by atoms with Crippen molar-refractivity contribution >= 4 is 17.3 Å². The van der Waals surface area contributed by atoms with Gasteiger partial charge in [0.2, 0.25) is 11.8 Å². The quantitative estimate of drug-likeness (QED) is 0.908. The van der Waals surface area contributed by atoms with Crippen molar-refractivity contribution < 1.29 is 9.47 Å². The van der Waals surface area contributed by atoms with Crippen LogP contribution in [0.25, 0.3) is 0 Å². The largest absolute Gasteiger partial charge is 0.481 e. The molecular formula is C11H10ClN3O2. The molecule has 0 aliphatic carbocycles. The zero-order valence-electron chi connectivity index (χ0n) is 9.05. The molecule has 0 fully saturated rings. The highest BCUT2D eigenvalue weighted by Crippen LogP contribution is 2.28. The van der Waals surface area contributed by atoms with Gasteiger partial charge in [-0.2, -0.15) is 4.98 Å². The lowest BCUT2D eigenvalue weighted by molar-refractivity contribution is 0.384. The highest BCUT2D eigenvalue weighted by Gasteiger charge is 2.06. The number of anilines is 1. The molecule has 2 aromatic heterocycles. The molecule has 2 aromatic rings. The van der Waals surface area contributed by atoms with Gasteiger partial charge in [0.15, 0.2) is 0 Å². The molecule has 0 saturated carbocycles. The number of hydrogen-bond donors (Lipinski definition) is 1. The third-order valence-corrected chi connectivity index (χ3v) is 2.17. The summed E-state index contributed by atoms with van der Waals surface area (Å²) in [6.45, 7) is 0. The number of nitrogen functional groups attached to an aromatic ring is 1. The number of pyridine rings is 2. The van der Waals surface area contributed by atoms with Crippen LogP contribution < -0.4 is 15.2 Å². The third-order valence-electron chi connectivity index (χ3n) is 1.97. The minimum Gasteiger partial charge on any atom is -0.481 e. The van der Waals surface area contributed by atoms with Gasteiger partial charge >= 0.3 is 0 Å². The van der Waals surface area contributed by atoms with Crippen LogP contribution in [0.4, 0.5) is 5.69 Å². The monoisotopic (exact) mass is 251 g/mol. The fourth-order valence-electron chi connectivity index (χ4n) is 1.19. The molecule has 0 aliphatic rings. The van der Waals surface area contributed by atoms with Gasteiger partial charge in [0.05, 0.1) is 24.0 Å². The molecule has 5 nitrogen and oxygen atoms in total. The average Bonchev–Trinajstić information content (AvgIpc) is 2.32. The molecule has 0 unspecified atom stereocenters. The molecule has 0 spiro atoms. The number of halogens is 1. The van der Waals surface area contributed by atoms with E-state index in [1.807, 2.05) is 0 Å². The molecule has 17 heavy (non-hydrogen) atoms. The van der Waals surface area contributed by atoms with E-state index in [1.54, 1.807) is 18.2 Å². The van der Waals surface area contributed by atoms with Crippen molar-refractivity contribution in [1.82, 2.24) is 9.97 Å². The first-order valence-corrected chi connectivity index (χ1v) is 5.16. The Morgan fingerprint density at radius 3 is 2.82 bits per heavy atom. The van der Waals surface area contributed by atoms with Gasteiger partial charge in [-0.25, -0.2) is 0 Å². The predicted octanol–water partition coefficient (Wildman–Crippen LogP) is 2.51. The second kappa shape index (κ2) is 4.88.